The molecule has 1 fully saturated rings. The number of halogens is 1. The summed E-state index contributed by atoms with van der Waals surface area (Å²) < 4.78 is 7.08. The number of nitrogens with zero attached hydrogens (tertiary/aromatic N) is 1. The van der Waals surface area contributed by atoms with Gasteiger partial charge >= 0.3 is 0 Å². The number of carbonyl (C=O) groups is 2. The third-order valence-electron chi connectivity index (χ3n) is 6.02. The van der Waals surface area contributed by atoms with Gasteiger partial charge in [-0.2, -0.15) is 0 Å². The Balaban J connectivity index is 1.61. The summed E-state index contributed by atoms with van der Waals surface area (Å²) in [6.07, 6.45) is 6.53. The van der Waals surface area contributed by atoms with Crippen LogP contribution in [-0.2, 0) is 22.6 Å². The van der Waals surface area contributed by atoms with Gasteiger partial charge in [-0.15, -0.1) is 0 Å². The van der Waals surface area contributed by atoms with Crippen molar-refractivity contribution in [1.82, 2.24) is 15.3 Å². The lowest BCUT2D eigenvalue weighted by Crippen LogP contribution is -2.36. The van der Waals surface area contributed by atoms with Crippen LogP contribution < -0.4 is 26.4 Å². The Morgan fingerprint density at radius 3 is 2.65 bits per heavy atom. The molecule has 0 radical (unpaired) electrons. The van der Waals surface area contributed by atoms with Gasteiger partial charge in [-0.1, -0.05) is 24.4 Å². The number of hydrogen-bond acceptors (Lipinski definition) is 5. The minimum Gasteiger partial charge on any atom is -0.483 e. The van der Waals surface area contributed by atoms with Gasteiger partial charge in [-0.25, -0.2) is 4.68 Å². The molecule has 2 amide bonds. The van der Waals surface area contributed by atoms with E-state index in [4.69, 9.17) is 16.3 Å². The summed E-state index contributed by atoms with van der Waals surface area (Å²) in [4.78, 5) is 37.4. The fraction of sp³-hybridized carbons (Fsp3) is 0.480. The number of amides is 2. The van der Waals surface area contributed by atoms with Gasteiger partial charge in [-0.05, 0) is 62.4 Å². The molecule has 1 heterocycles. The van der Waals surface area contributed by atoms with Gasteiger partial charge in [0.2, 0.25) is 5.91 Å². The SMILES string of the molecule is CCNC(=O)COc1ccc(Cl)cc1CNC(=O)Cc1c(C)ccn(NCC2CCCC2)c1=O. The van der Waals surface area contributed by atoms with Crippen LogP contribution in [-0.4, -0.2) is 36.2 Å². The van der Waals surface area contributed by atoms with Gasteiger partial charge in [0.15, 0.2) is 6.61 Å². The quantitative estimate of drug-likeness (QED) is 0.451. The molecule has 1 aromatic carbocycles. The van der Waals surface area contributed by atoms with Gasteiger partial charge in [0, 0.05) is 42.0 Å². The third kappa shape index (κ3) is 7.25. The zero-order valence-electron chi connectivity index (χ0n) is 19.8. The van der Waals surface area contributed by atoms with Gasteiger partial charge < -0.3 is 20.8 Å². The van der Waals surface area contributed by atoms with Crippen LogP contribution in [0.25, 0.3) is 0 Å². The molecule has 0 bridgehead atoms. The molecule has 0 saturated heterocycles. The van der Waals surface area contributed by atoms with E-state index < -0.39 is 0 Å². The van der Waals surface area contributed by atoms with E-state index in [2.05, 4.69) is 16.1 Å². The van der Waals surface area contributed by atoms with E-state index in [1.807, 2.05) is 19.9 Å². The highest BCUT2D eigenvalue weighted by Gasteiger charge is 2.17. The monoisotopic (exact) mass is 488 g/mol. The Labute approximate surface area is 205 Å². The number of likely N-dealkylation sites (N-methyl/N-ethyl adjacent to an activating group) is 1. The van der Waals surface area contributed by atoms with Crippen molar-refractivity contribution in [3.05, 3.63) is 62.5 Å². The molecule has 0 spiro atoms. The van der Waals surface area contributed by atoms with Crippen LogP contribution >= 0.6 is 11.6 Å². The summed E-state index contributed by atoms with van der Waals surface area (Å²) in [5.41, 5.74) is 4.87. The standard InChI is InChI=1S/C25H33ClN4O4/c1-3-27-24(32)16-34-22-9-8-20(26)12-19(22)15-28-23(31)13-21-17(2)10-11-30(25(21)33)29-14-18-6-4-5-7-18/h8-12,18,29H,3-7,13-16H2,1-2H3,(H,27,32)(H,28,31). The molecule has 184 valence electrons. The van der Waals surface area contributed by atoms with Crippen LogP contribution in [0.4, 0.5) is 0 Å². The average molecular weight is 489 g/mol. The van der Waals surface area contributed by atoms with E-state index in [1.165, 1.54) is 30.4 Å². The molecule has 0 atom stereocenters. The second-order valence-electron chi connectivity index (χ2n) is 8.61. The number of hydrogen-bond donors (Lipinski definition) is 3. The molecular weight excluding hydrogens is 456 g/mol. The van der Waals surface area contributed by atoms with Crippen LogP contribution in [0.2, 0.25) is 5.02 Å². The largest absolute Gasteiger partial charge is 0.483 e. The van der Waals surface area contributed by atoms with Gasteiger partial charge in [0.25, 0.3) is 11.5 Å². The summed E-state index contributed by atoms with van der Waals surface area (Å²) in [6, 6.07) is 6.85. The van der Waals surface area contributed by atoms with Crippen LogP contribution in [0.5, 0.6) is 5.75 Å². The first-order valence-electron chi connectivity index (χ1n) is 11.8. The fourth-order valence-corrected chi connectivity index (χ4v) is 4.28. The summed E-state index contributed by atoms with van der Waals surface area (Å²) in [7, 11) is 0. The zero-order valence-corrected chi connectivity index (χ0v) is 20.5. The molecule has 3 N–H and O–H groups in total. The number of aromatic nitrogens is 1. The van der Waals surface area contributed by atoms with Crippen LogP contribution in [0.1, 0.15) is 49.3 Å². The number of carbonyl (C=O) groups excluding carboxylic acids is 2. The summed E-state index contributed by atoms with van der Waals surface area (Å²) in [6.45, 7) is 4.95. The van der Waals surface area contributed by atoms with Crippen molar-refractivity contribution in [1.29, 1.82) is 0 Å². The van der Waals surface area contributed by atoms with E-state index >= 15 is 0 Å². The summed E-state index contributed by atoms with van der Waals surface area (Å²) in [5.74, 6) is 0.528. The lowest BCUT2D eigenvalue weighted by atomic mass is 10.1. The molecule has 0 aliphatic heterocycles. The molecule has 34 heavy (non-hydrogen) atoms. The van der Waals surface area contributed by atoms with E-state index in [0.717, 1.165) is 12.1 Å². The van der Waals surface area contributed by atoms with Crippen molar-refractivity contribution in [3.63, 3.8) is 0 Å². The Morgan fingerprint density at radius 1 is 1.15 bits per heavy atom. The van der Waals surface area contributed by atoms with E-state index in [0.29, 0.717) is 34.4 Å². The predicted octanol–water partition coefficient (Wildman–Crippen LogP) is 2.92. The van der Waals surface area contributed by atoms with Gasteiger partial charge in [0.05, 0.1) is 6.42 Å². The Kier molecular flexibility index (Phi) is 9.39. The van der Waals surface area contributed by atoms with E-state index in [9.17, 15) is 14.4 Å². The maximum atomic E-state index is 13.0. The normalized spacial score (nSPS) is 13.5. The Bertz CT molecular complexity index is 1060. The van der Waals surface area contributed by atoms with Gasteiger partial charge in [0.1, 0.15) is 5.75 Å². The fourth-order valence-electron chi connectivity index (χ4n) is 4.09. The topological polar surface area (TPSA) is 101 Å². The molecule has 3 rings (SSSR count). The van der Waals surface area contributed by atoms with Crippen LogP contribution in [0.3, 0.4) is 0 Å². The minimum atomic E-state index is -0.289. The second-order valence-corrected chi connectivity index (χ2v) is 9.05. The molecule has 2 aromatic rings. The maximum Gasteiger partial charge on any atom is 0.272 e. The van der Waals surface area contributed by atoms with E-state index in [-0.39, 0.29) is 36.9 Å². The van der Waals surface area contributed by atoms with Gasteiger partial charge in [-0.3, -0.25) is 14.4 Å². The lowest BCUT2D eigenvalue weighted by Gasteiger charge is -2.16. The molecule has 1 aromatic heterocycles. The second kappa shape index (κ2) is 12.5. The number of rotatable bonds is 11. The summed E-state index contributed by atoms with van der Waals surface area (Å²) in [5, 5.41) is 5.99. The first-order chi connectivity index (χ1) is 16.4. The van der Waals surface area contributed by atoms with Crippen molar-refractivity contribution in [2.45, 2.75) is 52.5 Å². The number of pyridine rings is 1. The first kappa shape index (κ1) is 25.6. The molecule has 1 saturated carbocycles. The zero-order chi connectivity index (χ0) is 24.5. The lowest BCUT2D eigenvalue weighted by molar-refractivity contribution is -0.123. The first-order valence-corrected chi connectivity index (χ1v) is 12.1. The van der Waals surface area contributed by atoms with Crippen molar-refractivity contribution in [2.75, 3.05) is 25.1 Å². The molecule has 1 aliphatic carbocycles. The highest BCUT2D eigenvalue weighted by Crippen LogP contribution is 2.24. The smallest absolute Gasteiger partial charge is 0.272 e. The van der Waals surface area contributed by atoms with Crippen molar-refractivity contribution < 1.29 is 14.3 Å². The van der Waals surface area contributed by atoms with Crippen LogP contribution in [0, 0.1) is 12.8 Å². The van der Waals surface area contributed by atoms with E-state index in [1.54, 1.807) is 24.4 Å². The summed E-state index contributed by atoms with van der Waals surface area (Å²) >= 11 is 6.11. The number of aryl methyl sites for hydroxylation is 1. The maximum absolute atomic E-state index is 13.0. The highest BCUT2D eigenvalue weighted by molar-refractivity contribution is 6.30. The van der Waals surface area contributed by atoms with Crippen molar-refractivity contribution in [2.24, 2.45) is 5.92 Å². The predicted molar refractivity (Wildman–Crippen MR) is 133 cm³/mol. The van der Waals surface area contributed by atoms with Crippen LogP contribution in [0.15, 0.2) is 35.3 Å². The molecule has 0 unspecified atom stereocenters. The number of nitrogens with one attached hydrogen (secondary N) is 3. The molecule has 9 heteroatoms. The minimum absolute atomic E-state index is 0.0354. The number of ether oxygens (including phenoxy) is 1. The third-order valence-corrected chi connectivity index (χ3v) is 6.26. The highest BCUT2D eigenvalue weighted by atomic mass is 35.5. The molecule has 1 aliphatic rings. The van der Waals surface area contributed by atoms with Crippen molar-refractivity contribution >= 4 is 23.4 Å². The van der Waals surface area contributed by atoms with Crippen molar-refractivity contribution in [3.8, 4) is 5.75 Å². The molecule has 8 nitrogen and oxygen atoms in total. The Hall–Kier alpha value is -3.00. The average Bonchev–Trinajstić information content (AvgIpc) is 3.33. The Morgan fingerprint density at radius 2 is 1.91 bits per heavy atom. The number of benzene rings is 1. The molecular formula is C25H33ClN4O4.